The lowest BCUT2D eigenvalue weighted by molar-refractivity contribution is -0.132. The molecule has 1 unspecified atom stereocenters. The van der Waals surface area contributed by atoms with Crippen molar-refractivity contribution in [3.05, 3.63) is 95.3 Å². The van der Waals surface area contributed by atoms with Gasteiger partial charge in [-0.05, 0) is 36.8 Å². The summed E-state index contributed by atoms with van der Waals surface area (Å²) in [6.45, 7) is 1.92. The lowest BCUT2D eigenvalue weighted by atomic mass is 9.95. The van der Waals surface area contributed by atoms with Gasteiger partial charge in [0.25, 0.3) is 11.7 Å². The maximum atomic E-state index is 12.9. The first-order valence-electron chi connectivity index (χ1n) is 9.04. The van der Waals surface area contributed by atoms with Crippen LogP contribution in [0.3, 0.4) is 0 Å². The summed E-state index contributed by atoms with van der Waals surface area (Å²) >= 11 is 0. The molecular formula is C23H18N2O4. The van der Waals surface area contributed by atoms with Crippen LogP contribution in [0, 0.1) is 6.92 Å². The highest BCUT2D eigenvalue weighted by atomic mass is 16.3. The van der Waals surface area contributed by atoms with Gasteiger partial charge in [-0.1, -0.05) is 42.0 Å². The summed E-state index contributed by atoms with van der Waals surface area (Å²) in [7, 11) is 0. The molecule has 0 aliphatic carbocycles. The number of amides is 1. The largest absolute Gasteiger partial charge is 0.508 e. The van der Waals surface area contributed by atoms with Crippen LogP contribution in [-0.2, 0) is 9.59 Å². The minimum Gasteiger partial charge on any atom is -0.508 e. The number of hydrogen-bond donors (Lipinski definition) is 2. The number of Topliss-reactive ketones (excluding diaryl/α,β-unsaturated/α-hetero) is 1. The minimum atomic E-state index is -0.846. The Kier molecular flexibility index (Phi) is 4.60. The Morgan fingerprint density at radius 2 is 1.69 bits per heavy atom. The van der Waals surface area contributed by atoms with Crippen LogP contribution in [0.25, 0.3) is 5.76 Å². The highest BCUT2D eigenvalue weighted by Gasteiger charge is 2.47. The number of anilines is 1. The number of rotatable bonds is 3. The van der Waals surface area contributed by atoms with Crippen LogP contribution in [0.2, 0.25) is 0 Å². The van der Waals surface area contributed by atoms with E-state index < -0.39 is 17.7 Å². The Balaban J connectivity index is 1.94. The predicted molar refractivity (Wildman–Crippen MR) is 108 cm³/mol. The number of aromatic hydroxyl groups is 1. The van der Waals surface area contributed by atoms with E-state index in [0.29, 0.717) is 16.8 Å². The second-order valence-electron chi connectivity index (χ2n) is 6.84. The number of pyridine rings is 1. The monoisotopic (exact) mass is 386 g/mol. The van der Waals surface area contributed by atoms with Crippen LogP contribution in [0.5, 0.6) is 5.75 Å². The third-order valence-corrected chi connectivity index (χ3v) is 4.90. The molecule has 0 bridgehead atoms. The van der Waals surface area contributed by atoms with E-state index in [-0.39, 0.29) is 17.1 Å². The van der Waals surface area contributed by atoms with Gasteiger partial charge in [-0.15, -0.1) is 0 Å². The zero-order valence-electron chi connectivity index (χ0n) is 15.6. The van der Waals surface area contributed by atoms with Gasteiger partial charge in [-0.25, -0.2) is 0 Å². The summed E-state index contributed by atoms with van der Waals surface area (Å²) in [4.78, 5) is 31.2. The molecule has 144 valence electrons. The molecule has 1 aromatic heterocycles. The molecule has 2 heterocycles. The van der Waals surface area contributed by atoms with Crippen LogP contribution < -0.4 is 4.90 Å². The second kappa shape index (κ2) is 7.24. The molecule has 6 heteroatoms. The van der Waals surface area contributed by atoms with E-state index in [1.54, 1.807) is 42.6 Å². The lowest BCUT2D eigenvalue weighted by Gasteiger charge is -2.25. The van der Waals surface area contributed by atoms with Crippen LogP contribution in [0.1, 0.15) is 22.7 Å². The van der Waals surface area contributed by atoms with Gasteiger partial charge >= 0.3 is 0 Å². The first-order valence-corrected chi connectivity index (χ1v) is 9.04. The maximum absolute atomic E-state index is 12.9. The highest BCUT2D eigenvalue weighted by molar-refractivity contribution is 6.51. The highest BCUT2D eigenvalue weighted by Crippen LogP contribution is 2.42. The molecule has 2 N–H and O–H groups in total. The molecule has 0 radical (unpaired) electrons. The minimum absolute atomic E-state index is 0.00611. The van der Waals surface area contributed by atoms with Gasteiger partial charge in [-0.3, -0.25) is 19.5 Å². The van der Waals surface area contributed by atoms with E-state index in [1.165, 1.54) is 23.2 Å². The maximum Gasteiger partial charge on any atom is 0.300 e. The molecule has 1 amide bonds. The van der Waals surface area contributed by atoms with E-state index in [1.807, 2.05) is 19.1 Å². The number of phenolic OH excluding ortho intramolecular Hbond substituents is 1. The van der Waals surface area contributed by atoms with E-state index in [0.717, 1.165) is 5.56 Å². The molecule has 29 heavy (non-hydrogen) atoms. The summed E-state index contributed by atoms with van der Waals surface area (Å²) < 4.78 is 0. The van der Waals surface area contributed by atoms with Crippen molar-refractivity contribution in [2.45, 2.75) is 13.0 Å². The lowest BCUT2D eigenvalue weighted by Crippen LogP contribution is -2.29. The number of nitrogens with zero attached hydrogens (tertiary/aromatic N) is 2. The van der Waals surface area contributed by atoms with Gasteiger partial charge in [0.1, 0.15) is 11.5 Å². The van der Waals surface area contributed by atoms with Gasteiger partial charge in [-0.2, -0.15) is 0 Å². The SMILES string of the molecule is Cc1ccc(/C(O)=C2/C(=O)C(=O)N(c3cccnc3)C2c2ccc(O)cc2)cc1. The number of carbonyl (C=O) groups excluding carboxylic acids is 2. The number of aromatic nitrogens is 1. The van der Waals surface area contributed by atoms with Crippen molar-refractivity contribution in [1.82, 2.24) is 4.98 Å². The number of phenols is 1. The molecule has 2 aromatic carbocycles. The molecular weight excluding hydrogens is 368 g/mol. The number of aryl methyl sites for hydroxylation is 1. The molecule has 6 nitrogen and oxygen atoms in total. The Labute approximate surface area is 167 Å². The third-order valence-electron chi connectivity index (χ3n) is 4.90. The van der Waals surface area contributed by atoms with Crippen molar-refractivity contribution < 1.29 is 19.8 Å². The summed E-state index contributed by atoms with van der Waals surface area (Å²) in [5.74, 6) is -1.70. The number of aliphatic hydroxyl groups excluding tert-OH is 1. The Morgan fingerprint density at radius 3 is 2.31 bits per heavy atom. The molecule has 1 atom stereocenters. The van der Waals surface area contributed by atoms with Crippen LogP contribution in [-0.4, -0.2) is 26.9 Å². The summed E-state index contributed by atoms with van der Waals surface area (Å²) in [5.41, 5.74) is 2.47. The zero-order chi connectivity index (χ0) is 20.5. The topological polar surface area (TPSA) is 90.7 Å². The second-order valence-corrected chi connectivity index (χ2v) is 6.84. The Bertz CT molecular complexity index is 1100. The van der Waals surface area contributed by atoms with Crippen molar-refractivity contribution in [3.63, 3.8) is 0 Å². The number of hydrogen-bond acceptors (Lipinski definition) is 5. The first kappa shape index (κ1) is 18.4. The van der Waals surface area contributed by atoms with Crippen molar-refractivity contribution in [2.24, 2.45) is 0 Å². The van der Waals surface area contributed by atoms with Crippen molar-refractivity contribution in [3.8, 4) is 5.75 Å². The van der Waals surface area contributed by atoms with Gasteiger partial charge in [0, 0.05) is 11.8 Å². The fourth-order valence-corrected chi connectivity index (χ4v) is 3.43. The Hall–Kier alpha value is -3.93. The first-order chi connectivity index (χ1) is 14.0. The molecule has 1 saturated heterocycles. The average Bonchev–Trinajstić information content (AvgIpc) is 3.00. The van der Waals surface area contributed by atoms with Crippen molar-refractivity contribution in [1.29, 1.82) is 0 Å². The smallest absolute Gasteiger partial charge is 0.300 e. The van der Waals surface area contributed by atoms with Crippen LogP contribution in [0.4, 0.5) is 5.69 Å². The Morgan fingerprint density at radius 1 is 1.00 bits per heavy atom. The predicted octanol–water partition coefficient (Wildman–Crippen LogP) is 3.72. The van der Waals surface area contributed by atoms with E-state index in [9.17, 15) is 19.8 Å². The van der Waals surface area contributed by atoms with Gasteiger partial charge in [0.2, 0.25) is 0 Å². The summed E-state index contributed by atoms with van der Waals surface area (Å²) in [6, 6.07) is 15.8. The number of carbonyl (C=O) groups is 2. The fourth-order valence-electron chi connectivity index (χ4n) is 3.43. The fraction of sp³-hybridized carbons (Fsp3) is 0.0870. The number of aliphatic hydroxyl groups is 1. The average molecular weight is 386 g/mol. The molecule has 0 saturated carbocycles. The summed E-state index contributed by atoms with van der Waals surface area (Å²) in [5, 5.41) is 20.6. The zero-order valence-corrected chi connectivity index (χ0v) is 15.6. The molecule has 4 rings (SSSR count). The van der Waals surface area contributed by atoms with E-state index in [4.69, 9.17) is 0 Å². The normalized spacial score (nSPS) is 18.2. The molecule has 1 aliphatic heterocycles. The quantitative estimate of drug-likeness (QED) is 0.407. The molecule has 3 aromatic rings. The van der Waals surface area contributed by atoms with Gasteiger partial charge in [0.05, 0.1) is 23.5 Å². The molecule has 1 aliphatic rings. The third kappa shape index (κ3) is 3.25. The molecule has 1 fully saturated rings. The summed E-state index contributed by atoms with van der Waals surface area (Å²) in [6.07, 6.45) is 3.06. The van der Waals surface area contributed by atoms with Crippen molar-refractivity contribution >= 4 is 23.1 Å². The van der Waals surface area contributed by atoms with Crippen molar-refractivity contribution in [2.75, 3.05) is 4.90 Å². The number of ketones is 1. The van der Waals surface area contributed by atoms with Crippen LogP contribution in [0.15, 0.2) is 78.6 Å². The van der Waals surface area contributed by atoms with Crippen LogP contribution >= 0.6 is 0 Å². The van der Waals surface area contributed by atoms with E-state index in [2.05, 4.69) is 4.98 Å². The van der Waals surface area contributed by atoms with Gasteiger partial charge in [0.15, 0.2) is 0 Å². The molecule has 0 spiro atoms. The van der Waals surface area contributed by atoms with E-state index >= 15 is 0 Å². The van der Waals surface area contributed by atoms with Gasteiger partial charge < -0.3 is 10.2 Å². The number of benzene rings is 2. The standard InChI is InChI=1S/C23H18N2O4/c1-14-4-6-16(7-5-14)21(27)19-20(15-8-10-18(26)11-9-15)25(23(29)22(19)28)17-3-2-12-24-13-17/h2-13,20,26-27H,1H3/b21-19-.